The first-order chi connectivity index (χ1) is 11.8. The lowest BCUT2D eigenvalue weighted by atomic mass is 10.2. The van der Waals surface area contributed by atoms with E-state index < -0.39 is 16.0 Å². The molecule has 1 aliphatic rings. The number of nitrogens with zero attached hydrogens (tertiary/aromatic N) is 2. The maximum Gasteiger partial charge on any atom is 0.303 e. The van der Waals surface area contributed by atoms with Gasteiger partial charge in [0.05, 0.1) is 6.42 Å². The number of piperidine rings is 1. The van der Waals surface area contributed by atoms with Gasteiger partial charge in [0.25, 0.3) is 10.0 Å². The molecule has 1 amide bonds. The van der Waals surface area contributed by atoms with Crippen LogP contribution < -0.4 is 0 Å². The molecule has 0 saturated carbocycles. The predicted molar refractivity (Wildman–Crippen MR) is 95.1 cm³/mol. The molecule has 1 aromatic heterocycles. The van der Waals surface area contributed by atoms with Crippen LogP contribution in [0.15, 0.2) is 16.3 Å². The van der Waals surface area contributed by atoms with Gasteiger partial charge in [0, 0.05) is 38.0 Å². The highest BCUT2D eigenvalue weighted by Gasteiger charge is 2.27. The van der Waals surface area contributed by atoms with Crippen LogP contribution in [-0.4, -0.2) is 61.3 Å². The number of sulfonamides is 1. The number of hydrogen-bond donors (Lipinski definition) is 1. The standard InChI is InChI=1S/C16H24N2O5S2/c1-17(9-5-6-15(20)21)14(19)12-13-7-8-16(24-13)25(22,23)18-10-3-2-4-11-18/h7-8H,2-6,9-12H2,1H3,(H,20,21). The van der Waals surface area contributed by atoms with E-state index in [1.54, 1.807) is 19.2 Å². The van der Waals surface area contributed by atoms with Crippen LogP contribution in [0.5, 0.6) is 0 Å². The summed E-state index contributed by atoms with van der Waals surface area (Å²) in [5.41, 5.74) is 0. The molecule has 0 atom stereocenters. The maximum atomic E-state index is 12.6. The maximum absolute atomic E-state index is 12.6. The van der Waals surface area contributed by atoms with E-state index in [9.17, 15) is 18.0 Å². The summed E-state index contributed by atoms with van der Waals surface area (Å²) in [5, 5.41) is 8.62. The zero-order chi connectivity index (χ0) is 18.4. The summed E-state index contributed by atoms with van der Waals surface area (Å²) < 4.78 is 27.0. The molecule has 0 bridgehead atoms. The topological polar surface area (TPSA) is 95.0 Å². The molecule has 1 fully saturated rings. The van der Waals surface area contributed by atoms with E-state index in [2.05, 4.69) is 0 Å². The van der Waals surface area contributed by atoms with Crippen molar-refractivity contribution in [1.29, 1.82) is 0 Å². The Kier molecular flexibility index (Phi) is 6.97. The molecule has 1 N–H and O–H groups in total. The van der Waals surface area contributed by atoms with Crippen LogP contribution in [-0.2, 0) is 26.0 Å². The summed E-state index contributed by atoms with van der Waals surface area (Å²) in [5.74, 6) is -1.03. The van der Waals surface area contributed by atoms with E-state index in [4.69, 9.17) is 5.11 Å². The fraction of sp³-hybridized carbons (Fsp3) is 0.625. The normalized spacial score (nSPS) is 15.9. The number of carboxylic acid groups (broad SMARTS) is 1. The van der Waals surface area contributed by atoms with Crippen molar-refractivity contribution in [2.24, 2.45) is 0 Å². The van der Waals surface area contributed by atoms with Gasteiger partial charge in [0.1, 0.15) is 4.21 Å². The number of thiophene rings is 1. The van der Waals surface area contributed by atoms with Gasteiger partial charge in [-0.1, -0.05) is 6.42 Å². The van der Waals surface area contributed by atoms with Crippen LogP contribution in [0.1, 0.15) is 37.0 Å². The second-order valence-corrected chi connectivity index (χ2v) is 9.51. The SMILES string of the molecule is CN(CCCC(=O)O)C(=O)Cc1ccc(S(=O)(=O)N2CCCCC2)s1. The molecule has 0 radical (unpaired) electrons. The van der Waals surface area contributed by atoms with Gasteiger partial charge in [-0.15, -0.1) is 11.3 Å². The molecule has 0 aromatic carbocycles. The van der Waals surface area contributed by atoms with Gasteiger partial charge in [-0.3, -0.25) is 9.59 Å². The summed E-state index contributed by atoms with van der Waals surface area (Å²) in [7, 11) is -1.83. The Morgan fingerprint density at radius 1 is 1.24 bits per heavy atom. The molecule has 140 valence electrons. The Morgan fingerprint density at radius 2 is 1.92 bits per heavy atom. The third-order valence-electron chi connectivity index (χ3n) is 4.18. The van der Waals surface area contributed by atoms with Gasteiger partial charge in [-0.25, -0.2) is 8.42 Å². The smallest absolute Gasteiger partial charge is 0.303 e. The molecular weight excluding hydrogens is 364 g/mol. The fourth-order valence-electron chi connectivity index (χ4n) is 2.70. The van der Waals surface area contributed by atoms with Crippen LogP contribution >= 0.6 is 11.3 Å². The van der Waals surface area contributed by atoms with E-state index in [-0.39, 0.29) is 23.0 Å². The van der Waals surface area contributed by atoms with E-state index >= 15 is 0 Å². The van der Waals surface area contributed by atoms with Crippen molar-refractivity contribution in [2.75, 3.05) is 26.7 Å². The average Bonchev–Trinajstić information content (AvgIpc) is 3.04. The van der Waals surface area contributed by atoms with Crippen LogP contribution in [0.4, 0.5) is 0 Å². The van der Waals surface area contributed by atoms with Gasteiger partial charge < -0.3 is 10.0 Å². The fourth-order valence-corrected chi connectivity index (χ4v) is 5.72. The third kappa shape index (κ3) is 5.52. The molecule has 1 saturated heterocycles. The molecule has 0 aliphatic carbocycles. The average molecular weight is 389 g/mol. The van der Waals surface area contributed by atoms with E-state index in [1.807, 2.05) is 0 Å². The van der Waals surface area contributed by atoms with E-state index in [1.165, 1.54) is 9.21 Å². The zero-order valence-corrected chi connectivity index (χ0v) is 15.9. The quantitative estimate of drug-likeness (QED) is 0.733. The van der Waals surface area contributed by atoms with E-state index in [0.29, 0.717) is 30.9 Å². The van der Waals surface area contributed by atoms with Crippen molar-refractivity contribution in [1.82, 2.24) is 9.21 Å². The number of rotatable bonds is 8. The molecule has 0 spiro atoms. The van der Waals surface area contributed by atoms with Gasteiger partial charge in [-0.05, 0) is 31.4 Å². The van der Waals surface area contributed by atoms with Gasteiger partial charge in [0.15, 0.2) is 0 Å². The van der Waals surface area contributed by atoms with E-state index in [0.717, 1.165) is 30.6 Å². The monoisotopic (exact) mass is 388 g/mol. The van der Waals surface area contributed by atoms with Crippen molar-refractivity contribution in [2.45, 2.75) is 42.7 Å². The summed E-state index contributed by atoms with van der Waals surface area (Å²) in [6.45, 7) is 1.48. The molecule has 2 heterocycles. The lowest BCUT2D eigenvalue weighted by Crippen LogP contribution is -2.35. The third-order valence-corrected chi connectivity index (χ3v) is 7.63. The summed E-state index contributed by atoms with van der Waals surface area (Å²) in [6, 6.07) is 3.26. The Labute approximate surface area is 152 Å². The van der Waals surface area contributed by atoms with Gasteiger partial charge >= 0.3 is 5.97 Å². The first-order valence-corrected chi connectivity index (χ1v) is 10.6. The number of carboxylic acids is 1. The second kappa shape index (κ2) is 8.77. The molecule has 9 heteroatoms. The van der Waals surface area contributed by atoms with Crippen LogP contribution in [0, 0.1) is 0 Å². The highest BCUT2D eigenvalue weighted by Crippen LogP contribution is 2.27. The second-order valence-electron chi connectivity index (χ2n) is 6.17. The predicted octanol–water partition coefficient (Wildman–Crippen LogP) is 1.79. The number of hydrogen-bond acceptors (Lipinski definition) is 5. The first-order valence-electron chi connectivity index (χ1n) is 8.35. The van der Waals surface area contributed by atoms with Crippen molar-refractivity contribution >= 4 is 33.2 Å². The van der Waals surface area contributed by atoms with Gasteiger partial charge in [-0.2, -0.15) is 4.31 Å². The van der Waals surface area contributed by atoms with Gasteiger partial charge in [0.2, 0.25) is 5.91 Å². The van der Waals surface area contributed by atoms with Crippen molar-refractivity contribution in [3.8, 4) is 0 Å². The molecule has 25 heavy (non-hydrogen) atoms. The largest absolute Gasteiger partial charge is 0.481 e. The van der Waals surface area contributed by atoms with Crippen molar-refractivity contribution in [3.63, 3.8) is 0 Å². The molecule has 2 rings (SSSR count). The minimum atomic E-state index is -3.46. The Hall–Kier alpha value is -1.45. The Morgan fingerprint density at radius 3 is 2.56 bits per heavy atom. The number of carbonyl (C=O) groups is 2. The lowest BCUT2D eigenvalue weighted by molar-refractivity contribution is -0.138. The number of carbonyl (C=O) groups excluding carboxylic acids is 1. The Bertz CT molecular complexity index is 708. The number of likely N-dealkylation sites (N-methyl/N-ethyl adjacent to an activating group) is 1. The summed E-state index contributed by atoms with van der Waals surface area (Å²) in [4.78, 5) is 24.9. The molecule has 1 aromatic rings. The highest BCUT2D eigenvalue weighted by molar-refractivity contribution is 7.91. The van der Waals surface area contributed by atoms with Crippen LogP contribution in [0.3, 0.4) is 0 Å². The lowest BCUT2D eigenvalue weighted by Gasteiger charge is -2.25. The first kappa shape index (κ1) is 19.9. The number of amides is 1. The van der Waals surface area contributed by atoms with Crippen LogP contribution in [0.2, 0.25) is 0 Å². The summed E-state index contributed by atoms with van der Waals surface area (Å²) in [6.07, 6.45) is 3.38. The number of aliphatic carboxylic acids is 1. The summed E-state index contributed by atoms with van der Waals surface area (Å²) >= 11 is 1.14. The zero-order valence-electron chi connectivity index (χ0n) is 14.3. The molecule has 1 aliphatic heterocycles. The van der Waals surface area contributed by atoms with Crippen molar-refractivity contribution < 1.29 is 23.1 Å². The molecular formula is C16H24N2O5S2. The van der Waals surface area contributed by atoms with Crippen molar-refractivity contribution in [3.05, 3.63) is 17.0 Å². The minimum absolute atomic E-state index is 0.0227. The molecule has 0 unspecified atom stereocenters. The van der Waals surface area contributed by atoms with Crippen LogP contribution in [0.25, 0.3) is 0 Å². The Balaban J connectivity index is 1.94. The minimum Gasteiger partial charge on any atom is -0.481 e. The highest BCUT2D eigenvalue weighted by atomic mass is 32.2. The molecule has 7 nitrogen and oxygen atoms in total.